The van der Waals surface area contributed by atoms with Crippen molar-refractivity contribution in [2.75, 3.05) is 0 Å². The van der Waals surface area contributed by atoms with E-state index in [1.54, 1.807) is 48.7 Å². The summed E-state index contributed by atoms with van der Waals surface area (Å²) in [5.41, 5.74) is 1.82. The summed E-state index contributed by atoms with van der Waals surface area (Å²) in [7, 11) is 0. The van der Waals surface area contributed by atoms with Crippen LogP contribution in [0.4, 0.5) is 5.69 Å². The number of nitro groups is 1. The van der Waals surface area contributed by atoms with Crippen LogP contribution in [0.15, 0.2) is 72.9 Å². The summed E-state index contributed by atoms with van der Waals surface area (Å²) >= 11 is 0. The number of hydrogen-bond donors (Lipinski definition) is 0. The van der Waals surface area contributed by atoms with Gasteiger partial charge in [-0.25, -0.2) is 0 Å². The zero-order valence-electron chi connectivity index (χ0n) is 12.0. The number of rotatable bonds is 4. The number of carbonyl (C=O) groups is 1. The average Bonchev–Trinajstić information content (AvgIpc) is 2.62. The Morgan fingerprint density at radius 1 is 0.957 bits per heavy atom. The van der Waals surface area contributed by atoms with E-state index in [1.165, 1.54) is 18.2 Å². The Morgan fingerprint density at radius 2 is 1.70 bits per heavy atom. The normalized spacial score (nSPS) is 10.3. The minimum atomic E-state index is -0.483. The molecule has 0 atom stereocenters. The van der Waals surface area contributed by atoms with Crippen LogP contribution in [-0.4, -0.2) is 15.7 Å². The highest BCUT2D eigenvalue weighted by Gasteiger charge is 2.19. The van der Waals surface area contributed by atoms with Gasteiger partial charge < -0.3 is 0 Å². The molecule has 0 aliphatic carbocycles. The van der Waals surface area contributed by atoms with Crippen LogP contribution >= 0.6 is 0 Å². The van der Waals surface area contributed by atoms with Gasteiger partial charge in [-0.05, 0) is 18.2 Å². The monoisotopic (exact) mass is 304 g/mol. The van der Waals surface area contributed by atoms with Crippen LogP contribution in [0, 0.1) is 10.1 Å². The van der Waals surface area contributed by atoms with E-state index in [1.807, 2.05) is 6.07 Å². The second-order valence-corrected chi connectivity index (χ2v) is 4.90. The van der Waals surface area contributed by atoms with Crippen LogP contribution in [0.2, 0.25) is 0 Å². The van der Waals surface area contributed by atoms with Crippen LogP contribution in [0.3, 0.4) is 0 Å². The van der Waals surface area contributed by atoms with Gasteiger partial charge in [-0.3, -0.25) is 19.9 Å². The van der Waals surface area contributed by atoms with E-state index in [0.29, 0.717) is 22.4 Å². The second kappa shape index (κ2) is 6.19. The maximum atomic E-state index is 12.7. The van der Waals surface area contributed by atoms with E-state index in [2.05, 4.69) is 4.98 Å². The van der Waals surface area contributed by atoms with Gasteiger partial charge in [0.1, 0.15) is 0 Å². The molecule has 23 heavy (non-hydrogen) atoms. The SMILES string of the molecule is O=C(c1ccccc1)c1ccc([N+](=O)[O-])cc1-c1ccccn1. The van der Waals surface area contributed by atoms with Gasteiger partial charge in [0.25, 0.3) is 5.69 Å². The van der Waals surface area contributed by atoms with Gasteiger partial charge in [0.15, 0.2) is 5.78 Å². The van der Waals surface area contributed by atoms with Gasteiger partial charge >= 0.3 is 0 Å². The topological polar surface area (TPSA) is 73.1 Å². The first-order valence-corrected chi connectivity index (χ1v) is 6.96. The summed E-state index contributed by atoms with van der Waals surface area (Å²) in [6.07, 6.45) is 1.59. The van der Waals surface area contributed by atoms with Crippen molar-refractivity contribution < 1.29 is 9.72 Å². The van der Waals surface area contributed by atoms with E-state index in [-0.39, 0.29) is 11.5 Å². The lowest BCUT2D eigenvalue weighted by Gasteiger charge is -2.08. The first kappa shape index (κ1) is 14.6. The first-order chi connectivity index (χ1) is 11.2. The fourth-order valence-electron chi connectivity index (χ4n) is 2.32. The zero-order chi connectivity index (χ0) is 16.2. The van der Waals surface area contributed by atoms with E-state index in [0.717, 1.165) is 0 Å². The van der Waals surface area contributed by atoms with Crippen LogP contribution in [-0.2, 0) is 0 Å². The summed E-state index contributed by atoms with van der Waals surface area (Å²) in [5.74, 6) is -0.193. The lowest BCUT2D eigenvalue weighted by Crippen LogP contribution is -2.04. The summed E-state index contributed by atoms with van der Waals surface area (Å²) in [5, 5.41) is 11.0. The number of carbonyl (C=O) groups excluding carboxylic acids is 1. The summed E-state index contributed by atoms with van der Waals surface area (Å²) in [6.45, 7) is 0. The lowest BCUT2D eigenvalue weighted by molar-refractivity contribution is -0.384. The predicted octanol–water partition coefficient (Wildman–Crippen LogP) is 3.89. The molecule has 0 N–H and O–H groups in total. The largest absolute Gasteiger partial charge is 0.289 e. The summed E-state index contributed by atoms with van der Waals surface area (Å²) < 4.78 is 0. The number of pyridine rings is 1. The molecule has 0 aliphatic heterocycles. The van der Waals surface area contributed by atoms with Crippen molar-refractivity contribution in [3.05, 3.63) is 94.2 Å². The van der Waals surface area contributed by atoms with Gasteiger partial charge in [0.2, 0.25) is 0 Å². The molecular formula is C18H12N2O3. The Kier molecular flexibility index (Phi) is 3.93. The van der Waals surface area contributed by atoms with Crippen LogP contribution in [0.1, 0.15) is 15.9 Å². The maximum Gasteiger partial charge on any atom is 0.270 e. The smallest absolute Gasteiger partial charge is 0.270 e. The van der Waals surface area contributed by atoms with Crippen molar-refractivity contribution in [1.29, 1.82) is 0 Å². The van der Waals surface area contributed by atoms with Gasteiger partial charge in [0.05, 0.1) is 10.6 Å². The van der Waals surface area contributed by atoms with E-state index >= 15 is 0 Å². The molecule has 0 saturated heterocycles. The van der Waals surface area contributed by atoms with Gasteiger partial charge in [-0.2, -0.15) is 0 Å². The second-order valence-electron chi connectivity index (χ2n) is 4.90. The Balaban J connectivity index is 2.17. The molecule has 3 aromatic rings. The van der Waals surface area contributed by atoms with Crippen molar-refractivity contribution >= 4 is 11.5 Å². The number of aromatic nitrogens is 1. The molecule has 5 heteroatoms. The third-order valence-electron chi connectivity index (χ3n) is 3.44. The van der Waals surface area contributed by atoms with E-state index in [4.69, 9.17) is 0 Å². The zero-order valence-corrected chi connectivity index (χ0v) is 12.0. The molecular weight excluding hydrogens is 292 g/mol. The third-order valence-corrected chi connectivity index (χ3v) is 3.44. The number of benzene rings is 2. The van der Waals surface area contributed by atoms with E-state index < -0.39 is 4.92 Å². The minimum Gasteiger partial charge on any atom is -0.289 e. The summed E-state index contributed by atoms with van der Waals surface area (Å²) in [4.78, 5) is 27.5. The standard InChI is InChI=1S/C18H12N2O3/c21-18(13-6-2-1-3-7-13)15-10-9-14(20(22)23)12-16(15)17-8-4-5-11-19-17/h1-12H. The molecule has 0 radical (unpaired) electrons. The highest BCUT2D eigenvalue weighted by molar-refractivity contribution is 6.12. The van der Waals surface area contributed by atoms with E-state index in [9.17, 15) is 14.9 Å². The highest BCUT2D eigenvalue weighted by atomic mass is 16.6. The fourth-order valence-corrected chi connectivity index (χ4v) is 2.32. The molecule has 0 amide bonds. The molecule has 0 aliphatic rings. The quantitative estimate of drug-likeness (QED) is 0.416. The van der Waals surface area contributed by atoms with Crippen molar-refractivity contribution in [3.8, 4) is 11.3 Å². The minimum absolute atomic E-state index is 0.0738. The van der Waals surface area contributed by atoms with Gasteiger partial charge in [0, 0.05) is 35.0 Å². The predicted molar refractivity (Wildman–Crippen MR) is 86.2 cm³/mol. The number of nitrogens with zero attached hydrogens (tertiary/aromatic N) is 2. The Hall–Kier alpha value is -3.34. The maximum absolute atomic E-state index is 12.7. The van der Waals surface area contributed by atoms with Crippen molar-refractivity contribution in [2.45, 2.75) is 0 Å². The molecule has 2 aromatic carbocycles. The summed E-state index contributed by atoms with van der Waals surface area (Å²) in [6, 6.07) is 18.3. The average molecular weight is 304 g/mol. The van der Waals surface area contributed by atoms with Crippen molar-refractivity contribution in [1.82, 2.24) is 4.98 Å². The highest BCUT2D eigenvalue weighted by Crippen LogP contribution is 2.28. The molecule has 1 heterocycles. The number of non-ortho nitro benzene ring substituents is 1. The molecule has 0 fully saturated rings. The molecule has 112 valence electrons. The van der Waals surface area contributed by atoms with Gasteiger partial charge in [-0.15, -0.1) is 0 Å². The lowest BCUT2D eigenvalue weighted by atomic mass is 9.96. The number of hydrogen-bond acceptors (Lipinski definition) is 4. The molecule has 0 unspecified atom stereocenters. The Bertz CT molecular complexity index is 862. The number of ketones is 1. The molecule has 1 aromatic heterocycles. The molecule has 0 spiro atoms. The molecule has 0 bridgehead atoms. The first-order valence-electron chi connectivity index (χ1n) is 6.96. The van der Waals surface area contributed by atoms with Crippen LogP contribution in [0.5, 0.6) is 0 Å². The Morgan fingerprint density at radius 3 is 2.35 bits per heavy atom. The van der Waals surface area contributed by atoms with Crippen LogP contribution in [0.25, 0.3) is 11.3 Å². The molecule has 0 saturated carbocycles. The van der Waals surface area contributed by atoms with Crippen molar-refractivity contribution in [2.24, 2.45) is 0 Å². The number of nitro benzene ring substituents is 1. The molecule has 3 rings (SSSR count). The Labute approximate surface area is 132 Å². The van der Waals surface area contributed by atoms with Crippen molar-refractivity contribution in [3.63, 3.8) is 0 Å². The fraction of sp³-hybridized carbons (Fsp3) is 0. The molecule has 5 nitrogen and oxygen atoms in total. The third kappa shape index (κ3) is 2.98. The van der Waals surface area contributed by atoms with Gasteiger partial charge in [-0.1, -0.05) is 36.4 Å². The van der Waals surface area contributed by atoms with Crippen LogP contribution < -0.4 is 0 Å².